The zero-order valence-electron chi connectivity index (χ0n) is 10.9. The van der Waals surface area contributed by atoms with Gasteiger partial charge in [0.25, 0.3) is 5.91 Å². The maximum Gasteiger partial charge on any atom is 0.423 e. The average molecular weight is 275 g/mol. The van der Waals surface area contributed by atoms with Gasteiger partial charge < -0.3 is 9.47 Å². The zero-order valence-corrected chi connectivity index (χ0v) is 10.9. The maximum absolute atomic E-state index is 12.0. The molecule has 0 radical (unpaired) electrons. The minimum Gasteiger partial charge on any atom is -0.465 e. The second-order valence-electron chi connectivity index (χ2n) is 3.98. The number of rotatable bonds is 4. The number of imide groups is 1. The summed E-state index contributed by atoms with van der Waals surface area (Å²) in [6.07, 6.45) is 0.580. The van der Waals surface area contributed by atoms with Gasteiger partial charge in [0, 0.05) is 0 Å². The smallest absolute Gasteiger partial charge is 0.423 e. The van der Waals surface area contributed by atoms with Gasteiger partial charge in [0.2, 0.25) is 0 Å². The number of hydrogen-bond acceptors (Lipinski definition) is 5. The number of amides is 2. The van der Waals surface area contributed by atoms with E-state index in [1.807, 2.05) is 6.07 Å². The molecule has 2 rings (SSSR count). The van der Waals surface area contributed by atoms with E-state index in [-0.39, 0.29) is 12.4 Å². The summed E-state index contributed by atoms with van der Waals surface area (Å²) in [7, 11) is 0. The number of carbonyl (C=O) groups excluding carboxylic acids is 3. The summed E-state index contributed by atoms with van der Waals surface area (Å²) in [6, 6.07) is 8.95. The van der Waals surface area contributed by atoms with Crippen molar-refractivity contribution in [2.24, 2.45) is 0 Å². The summed E-state index contributed by atoms with van der Waals surface area (Å²) in [5.74, 6) is -1.41. The van der Waals surface area contributed by atoms with E-state index in [1.54, 1.807) is 31.2 Å². The summed E-state index contributed by atoms with van der Waals surface area (Å²) in [4.78, 5) is 35.6. The normalized spacial score (nSPS) is 16.4. The molecule has 0 aromatic heterocycles. The van der Waals surface area contributed by atoms with Gasteiger partial charge in [-0.15, -0.1) is 0 Å². The molecule has 1 fully saturated rings. The van der Waals surface area contributed by atoms with Crippen molar-refractivity contribution < 1.29 is 23.9 Å². The Kier molecular flexibility index (Phi) is 4.14. The molecular formula is C14H13NO5. The highest BCUT2D eigenvalue weighted by atomic mass is 16.6. The van der Waals surface area contributed by atoms with Crippen LogP contribution in [0.1, 0.15) is 12.5 Å². The van der Waals surface area contributed by atoms with Gasteiger partial charge in [-0.05, 0) is 18.6 Å². The molecule has 6 nitrogen and oxygen atoms in total. The summed E-state index contributed by atoms with van der Waals surface area (Å²) in [6.45, 7) is 1.38. The van der Waals surface area contributed by atoms with Gasteiger partial charge in [-0.25, -0.2) is 9.69 Å². The fraction of sp³-hybridized carbons (Fsp3) is 0.214. The van der Waals surface area contributed by atoms with Crippen LogP contribution in [0, 0.1) is 0 Å². The number of esters is 1. The minimum absolute atomic E-state index is 0.106. The highest BCUT2D eigenvalue weighted by Gasteiger charge is 2.38. The summed E-state index contributed by atoms with van der Waals surface area (Å²) in [5.41, 5.74) is 0.724. The number of ether oxygens (including phenoxy) is 2. The minimum atomic E-state index is -0.870. The molecule has 0 N–H and O–H groups in total. The molecule has 0 atom stereocenters. The van der Waals surface area contributed by atoms with Gasteiger partial charge in [-0.2, -0.15) is 0 Å². The van der Waals surface area contributed by atoms with E-state index < -0.39 is 24.5 Å². The first-order valence-electron chi connectivity index (χ1n) is 6.08. The van der Waals surface area contributed by atoms with Gasteiger partial charge in [0.1, 0.15) is 6.54 Å². The van der Waals surface area contributed by atoms with Crippen molar-refractivity contribution >= 4 is 24.0 Å². The molecule has 1 aromatic rings. The average Bonchev–Trinajstić information content (AvgIpc) is 2.68. The van der Waals surface area contributed by atoms with E-state index in [2.05, 4.69) is 0 Å². The highest BCUT2D eigenvalue weighted by molar-refractivity contribution is 6.11. The summed E-state index contributed by atoms with van der Waals surface area (Å²) in [5, 5.41) is 0. The van der Waals surface area contributed by atoms with Crippen LogP contribution in [0.25, 0.3) is 6.08 Å². The van der Waals surface area contributed by atoms with Crippen molar-refractivity contribution in [2.75, 3.05) is 13.2 Å². The van der Waals surface area contributed by atoms with Gasteiger partial charge in [0.15, 0.2) is 5.76 Å². The molecule has 6 heteroatoms. The van der Waals surface area contributed by atoms with Crippen LogP contribution in [0.3, 0.4) is 0 Å². The van der Waals surface area contributed by atoms with Crippen LogP contribution in [-0.4, -0.2) is 36.0 Å². The molecule has 0 bridgehead atoms. The summed E-state index contributed by atoms with van der Waals surface area (Å²) < 4.78 is 9.55. The van der Waals surface area contributed by atoms with Crippen molar-refractivity contribution in [2.45, 2.75) is 6.92 Å². The summed E-state index contributed by atoms with van der Waals surface area (Å²) >= 11 is 0. The van der Waals surface area contributed by atoms with Crippen molar-refractivity contribution in [3.63, 3.8) is 0 Å². The molecule has 0 aliphatic carbocycles. The quantitative estimate of drug-likeness (QED) is 0.616. The Morgan fingerprint density at radius 3 is 2.65 bits per heavy atom. The Balaban J connectivity index is 2.13. The number of cyclic esters (lactones) is 1. The van der Waals surface area contributed by atoms with Crippen LogP contribution in [0.15, 0.2) is 36.1 Å². The molecule has 1 saturated heterocycles. The first-order valence-corrected chi connectivity index (χ1v) is 6.08. The third-order valence-electron chi connectivity index (χ3n) is 2.56. The Hall–Kier alpha value is -2.63. The lowest BCUT2D eigenvalue weighted by atomic mass is 10.2. The van der Waals surface area contributed by atoms with Crippen LogP contribution in [-0.2, 0) is 19.1 Å². The number of hydrogen-bond donors (Lipinski definition) is 0. The van der Waals surface area contributed by atoms with Crippen LogP contribution in [0.5, 0.6) is 0 Å². The predicted molar refractivity (Wildman–Crippen MR) is 69.2 cm³/mol. The number of nitrogens with zero attached hydrogens (tertiary/aromatic N) is 1. The Bertz CT molecular complexity index is 564. The van der Waals surface area contributed by atoms with Crippen LogP contribution in [0.4, 0.5) is 4.79 Å². The molecule has 1 aliphatic rings. The van der Waals surface area contributed by atoms with Crippen LogP contribution < -0.4 is 0 Å². The van der Waals surface area contributed by atoms with E-state index in [1.165, 1.54) is 6.08 Å². The molecule has 1 aliphatic heterocycles. The molecule has 0 unspecified atom stereocenters. The molecule has 0 saturated carbocycles. The van der Waals surface area contributed by atoms with E-state index in [4.69, 9.17) is 9.47 Å². The first-order chi connectivity index (χ1) is 9.61. The second kappa shape index (κ2) is 6.01. The number of carbonyl (C=O) groups is 3. The lowest BCUT2D eigenvalue weighted by Crippen LogP contribution is -2.34. The topological polar surface area (TPSA) is 72.9 Å². The van der Waals surface area contributed by atoms with Crippen LogP contribution >= 0.6 is 0 Å². The largest absolute Gasteiger partial charge is 0.465 e. The predicted octanol–water partition coefficient (Wildman–Crippen LogP) is 1.57. The lowest BCUT2D eigenvalue weighted by molar-refractivity contribution is -0.146. The maximum atomic E-state index is 12.0. The van der Waals surface area contributed by atoms with E-state index >= 15 is 0 Å². The SMILES string of the molecule is CCOC(=O)CN1C(=O)O/C(=C\c2ccccc2)C1=O. The Labute approximate surface area is 115 Å². The van der Waals surface area contributed by atoms with E-state index in [0.29, 0.717) is 4.90 Å². The second-order valence-corrected chi connectivity index (χ2v) is 3.98. The molecular weight excluding hydrogens is 262 g/mol. The third-order valence-corrected chi connectivity index (χ3v) is 2.56. The monoisotopic (exact) mass is 275 g/mol. The number of benzene rings is 1. The standard InChI is InChI=1S/C14H13NO5/c1-2-19-12(16)9-15-13(17)11(20-14(15)18)8-10-6-4-3-5-7-10/h3-8H,2,9H2,1H3/b11-8-. The van der Waals surface area contributed by atoms with Gasteiger partial charge >= 0.3 is 12.1 Å². The third kappa shape index (κ3) is 3.03. The molecule has 104 valence electrons. The van der Waals surface area contributed by atoms with Crippen molar-refractivity contribution in [3.8, 4) is 0 Å². The lowest BCUT2D eigenvalue weighted by Gasteiger charge is -2.08. The molecule has 20 heavy (non-hydrogen) atoms. The Morgan fingerprint density at radius 1 is 1.30 bits per heavy atom. The molecule has 1 aromatic carbocycles. The molecule has 2 amide bonds. The molecule has 0 spiro atoms. The van der Waals surface area contributed by atoms with Gasteiger partial charge in [-0.1, -0.05) is 30.3 Å². The molecule has 1 heterocycles. The fourth-order valence-electron chi connectivity index (χ4n) is 1.67. The van der Waals surface area contributed by atoms with Crippen molar-refractivity contribution in [1.29, 1.82) is 0 Å². The van der Waals surface area contributed by atoms with Crippen molar-refractivity contribution in [3.05, 3.63) is 41.7 Å². The van der Waals surface area contributed by atoms with E-state index in [0.717, 1.165) is 5.56 Å². The fourth-order valence-corrected chi connectivity index (χ4v) is 1.67. The van der Waals surface area contributed by atoms with Gasteiger partial charge in [0.05, 0.1) is 6.61 Å². The first kappa shape index (κ1) is 13.8. The zero-order chi connectivity index (χ0) is 14.5. The van der Waals surface area contributed by atoms with Crippen LogP contribution in [0.2, 0.25) is 0 Å². The highest BCUT2D eigenvalue weighted by Crippen LogP contribution is 2.19. The van der Waals surface area contributed by atoms with E-state index in [9.17, 15) is 14.4 Å². The Morgan fingerprint density at radius 2 is 2.00 bits per heavy atom. The van der Waals surface area contributed by atoms with Gasteiger partial charge in [-0.3, -0.25) is 9.59 Å². The van der Waals surface area contributed by atoms with Crippen molar-refractivity contribution in [1.82, 2.24) is 4.90 Å².